The number of rotatable bonds is 5. The predicted molar refractivity (Wildman–Crippen MR) is 90.6 cm³/mol. The maximum atomic E-state index is 13.8. The maximum absolute atomic E-state index is 13.8. The van der Waals surface area contributed by atoms with Gasteiger partial charge in [0.25, 0.3) is 5.89 Å². The summed E-state index contributed by atoms with van der Waals surface area (Å²) in [6.07, 6.45) is 0.594. The first-order chi connectivity index (χ1) is 12.7. The SMILES string of the molecule is Cc1ccccc1Cc1nnn(Cc2nc(-c3ccccc3F)no2)n1. The van der Waals surface area contributed by atoms with Crippen LogP contribution in [-0.2, 0) is 13.0 Å². The number of halogens is 1. The van der Waals surface area contributed by atoms with Gasteiger partial charge in [0.2, 0.25) is 5.82 Å². The van der Waals surface area contributed by atoms with Gasteiger partial charge in [-0.2, -0.15) is 9.78 Å². The van der Waals surface area contributed by atoms with Crippen LogP contribution in [0, 0.1) is 12.7 Å². The van der Waals surface area contributed by atoms with E-state index in [1.165, 1.54) is 16.4 Å². The first kappa shape index (κ1) is 16.1. The smallest absolute Gasteiger partial charge is 0.250 e. The van der Waals surface area contributed by atoms with Crippen molar-refractivity contribution in [3.05, 3.63) is 77.2 Å². The second-order valence-electron chi connectivity index (χ2n) is 5.83. The third kappa shape index (κ3) is 3.34. The van der Waals surface area contributed by atoms with Crippen molar-refractivity contribution in [2.45, 2.75) is 19.9 Å². The van der Waals surface area contributed by atoms with Crippen LogP contribution in [0.1, 0.15) is 22.8 Å². The van der Waals surface area contributed by atoms with E-state index >= 15 is 0 Å². The summed E-state index contributed by atoms with van der Waals surface area (Å²) in [5.41, 5.74) is 2.61. The average molecular weight is 350 g/mol. The number of tetrazole rings is 1. The van der Waals surface area contributed by atoms with Gasteiger partial charge in [0, 0.05) is 6.42 Å². The standard InChI is InChI=1S/C18H15FN6O/c1-12-6-2-3-7-13(12)10-16-21-24-25(22-16)11-17-20-18(23-26-17)14-8-4-5-9-15(14)19/h2-9H,10-11H2,1H3. The van der Waals surface area contributed by atoms with Crippen molar-refractivity contribution >= 4 is 0 Å². The highest BCUT2D eigenvalue weighted by Gasteiger charge is 2.14. The summed E-state index contributed by atoms with van der Waals surface area (Å²) in [5.74, 6) is 0.675. The topological polar surface area (TPSA) is 82.5 Å². The van der Waals surface area contributed by atoms with Crippen LogP contribution >= 0.6 is 0 Å². The molecule has 0 aliphatic rings. The monoisotopic (exact) mass is 350 g/mol. The molecule has 0 bridgehead atoms. The van der Waals surface area contributed by atoms with Crippen molar-refractivity contribution < 1.29 is 8.91 Å². The third-order valence-electron chi connectivity index (χ3n) is 3.96. The lowest BCUT2D eigenvalue weighted by Crippen LogP contribution is -2.05. The Morgan fingerprint density at radius 2 is 1.88 bits per heavy atom. The van der Waals surface area contributed by atoms with E-state index in [1.54, 1.807) is 18.2 Å². The van der Waals surface area contributed by atoms with Crippen molar-refractivity contribution in [1.29, 1.82) is 0 Å². The molecular weight excluding hydrogens is 335 g/mol. The van der Waals surface area contributed by atoms with Gasteiger partial charge in [-0.15, -0.1) is 10.2 Å². The van der Waals surface area contributed by atoms with E-state index in [0.29, 0.717) is 12.2 Å². The molecule has 0 spiro atoms. The predicted octanol–water partition coefficient (Wildman–Crippen LogP) is 2.81. The van der Waals surface area contributed by atoms with Crippen molar-refractivity contribution in [3.8, 4) is 11.4 Å². The van der Waals surface area contributed by atoms with Crippen molar-refractivity contribution in [2.75, 3.05) is 0 Å². The highest BCUT2D eigenvalue weighted by Crippen LogP contribution is 2.19. The van der Waals surface area contributed by atoms with E-state index in [4.69, 9.17) is 4.52 Å². The minimum Gasteiger partial charge on any atom is -0.337 e. The number of nitrogens with zero attached hydrogens (tertiary/aromatic N) is 6. The fraction of sp³-hybridized carbons (Fsp3) is 0.167. The van der Waals surface area contributed by atoms with E-state index in [0.717, 1.165) is 5.56 Å². The van der Waals surface area contributed by atoms with Gasteiger partial charge in [0.05, 0.1) is 5.56 Å². The van der Waals surface area contributed by atoms with Crippen molar-refractivity contribution in [3.63, 3.8) is 0 Å². The number of hydrogen-bond donors (Lipinski definition) is 0. The van der Waals surface area contributed by atoms with E-state index in [2.05, 4.69) is 25.6 Å². The van der Waals surface area contributed by atoms with Crippen LogP contribution in [0.3, 0.4) is 0 Å². The van der Waals surface area contributed by atoms with Gasteiger partial charge in [-0.25, -0.2) is 4.39 Å². The van der Waals surface area contributed by atoms with Crippen LogP contribution in [0.2, 0.25) is 0 Å². The molecule has 4 rings (SSSR count). The molecule has 0 fully saturated rings. The van der Waals surface area contributed by atoms with Crippen LogP contribution in [0.15, 0.2) is 53.1 Å². The summed E-state index contributed by atoms with van der Waals surface area (Å²) < 4.78 is 19.0. The van der Waals surface area contributed by atoms with Gasteiger partial charge >= 0.3 is 0 Å². The summed E-state index contributed by atoms with van der Waals surface area (Å²) in [6.45, 7) is 2.21. The number of aryl methyl sites for hydroxylation is 1. The van der Waals surface area contributed by atoms with Crippen molar-refractivity contribution in [1.82, 2.24) is 30.3 Å². The maximum Gasteiger partial charge on any atom is 0.250 e. The molecule has 130 valence electrons. The molecule has 8 heteroatoms. The zero-order valence-corrected chi connectivity index (χ0v) is 14.0. The quantitative estimate of drug-likeness (QED) is 0.550. The molecule has 0 atom stereocenters. The molecule has 0 aliphatic heterocycles. The second-order valence-corrected chi connectivity index (χ2v) is 5.83. The Morgan fingerprint density at radius 1 is 1.08 bits per heavy atom. The zero-order valence-electron chi connectivity index (χ0n) is 14.0. The van der Waals surface area contributed by atoms with Gasteiger partial charge in [0.15, 0.2) is 5.82 Å². The molecule has 2 heterocycles. The lowest BCUT2D eigenvalue weighted by Gasteiger charge is -2.00. The fourth-order valence-electron chi connectivity index (χ4n) is 2.58. The zero-order chi connectivity index (χ0) is 17.9. The molecular formula is C18H15FN6O. The van der Waals surface area contributed by atoms with Crippen molar-refractivity contribution in [2.24, 2.45) is 0 Å². The van der Waals surface area contributed by atoms with Crippen LogP contribution in [0.5, 0.6) is 0 Å². The summed E-state index contributed by atoms with van der Waals surface area (Å²) in [7, 11) is 0. The summed E-state index contributed by atoms with van der Waals surface area (Å²) in [4.78, 5) is 5.58. The number of benzene rings is 2. The van der Waals surface area contributed by atoms with Gasteiger partial charge < -0.3 is 4.52 Å². The lowest BCUT2D eigenvalue weighted by atomic mass is 10.1. The van der Waals surface area contributed by atoms with Crippen LogP contribution in [-0.4, -0.2) is 30.3 Å². The highest BCUT2D eigenvalue weighted by molar-refractivity contribution is 5.54. The first-order valence-electron chi connectivity index (χ1n) is 8.08. The average Bonchev–Trinajstić information content (AvgIpc) is 3.27. The van der Waals surface area contributed by atoms with Gasteiger partial charge in [-0.05, 0) is 35.4 Å². The molecule has 0 N–H and O–H groups in total. The van der Waals surface area contributed by atoms with Gasteiger partial charge in [-0.3, -0.25) is 0 Å². The normalized spacial score (nSPS) is 11.0. The molecule has 0 amide bonds. The van der Waals surface area contributed by atoms with E-state index < -0.39 is 5.82 Å². The number of hydrogen-bond acceptors (Lipinski definition) is 6. The molecule has 0 saturated heterocycles. The van der Waals surface area contributed by atoms with E-state index in [1.807, 2.05) is 31.2 Å². The Kier molecular flexibility index (Phi) is 4.22. The third-order valence-corrected chi connectivity index (χ3v) is 3.96. The molecule has 0 radical (unpaired) electrons. The Morgan fingerprint density at radius 3 is 2.73 bits per heavy atom. The molecule has 2 aromatic carbocycles. The highest BCUT2D eigenvalue weighted by atomic mass is 19.1. The molecule has 7 nitrogen and oxygen atoms in total. The van der Waals surface area contributed by atoms with E-state index in [9.17, 15) is 4.39 Å². The Bertz CT molecular complexity index is 1040. The fourth-order valence-corrected chi connectivity index (χ4v) is 2.58. The van der Waals surface area contributed by atoms with Crippen LogP contribution < -0.4 is 0 Å². The van der Waals surface area contributed by atoms with Crippen LogP contribution in [0.25, 0.3) is 11.4 Å². The first-order valence-corrected chi connectivity index (χ1v) is 8.08. The Hall–Kier alpha value is -3.42. The molecule has 0 saturated carbocycles. The minimum absolute atomic E-state index is 0.169. The summed E-state index contributed by atoms with van der Waals surface area (Å²) in [5, 5.41) is 16.2. The van der Waals surface area contributed by atoms with Crippen LogP contribution in [0.4, 0.5) is 4.39 Å². The molecule has 0 unspecified atom stereocenters. The summed E-state index contributed by atoms with van der Waals surface area (Å²) in [6, 6.07) is 14.3. The molecule has 2 aromatic heterocycles. The minimum atomic E-state index is -0.403. The lowest BCUT2D eigenvalue weighted by molar-refractivity contribution is 0.356. The number of aromatic nitrogens is 6. The van der Waals surface area contributed by atoms with E-state index in [-0.39, 0.29) is 23.8 Å². The molecule has 0 aliphatic carbocycles. The van der Waals surface area contributed by atoms with Gasteiger partial charge in [-0.1, -0.05) is 41.6 Å². The molecule has 4 aromatic rings. The van der Waals surface area contributed by atoms with Gasteiger partial charge in [0.1, 0.15) is 12.4 Å². The Balaban J connectivity index is 1.48. The molecule has 26 heavy (non-hydrogen) atoms. The largest absolute Gasteiger partial charge is 0.337 e. The summed E-state index contributed by atoms with van der Waals surface area (Å²) >= 11 is 0. The second kappa shape index (κ2) is 6.83. The Labute approximate surface area is 148 Å².